The van der Waals surface area contributed by atoms with Gasteiger partial charge in [-0.3, -0.25) is 0 Å². The summed E-state index contributed by atoms with van der Waals surface area (Å²) in [6.45, 7) is 2.24. The Morgan fingerprint density at radius 3 is 2.28 bits per heavy atom. The first kappa shape index (κ1) is 19.7. The molecule has 0 unspecified atom stereocenters. The van der Waals surface area contributed by atoms with Gasteiger partial charge in [-0.25, -0.2) is 0 Å². The van der Waals surface area contributed by atoms with Gasteiger partial charge in [-0.1, -0.05) is 50.9 Å². The highest BCUT2D eigenvalue weighted by Gasteiger charge is 2.30. The Balaban J connectivity index is 1.75. The zero-order chi connectivity index (χ0) is 18.1. The van der Waals surface area contributed by atoms with E-state index in [4.69, 9.17) is 0 Å². The molecule has 4 heteroatoms. The first-order chi connectivity index (χ1) is 12.0. The quantitative estimate of drug-likeness (QED) is 0.408. The Labute approximate surface area is 149 Å². The summed E-state index contributed by atoms with van der Waals surface area (Å²) < 4.78 is 40.3. The van der Waals surface area contributed by atoms with Gasteiger partial charge in [0.05, 0.1) is 0 Å². The van der Waals surface area contributed by atoms with Gasteiger partial charge in [0.1, 0.15) is 5.75 Å². The molecule has 1 aromatic carbocycles. The Morgan fingerprint density at radius 1 is 1.00 bits per heavy atom. The van der Waals surface area contributed by atoms with Crippen molar-refractivity contribution in [1.29, 1.82) is 0 Å². The second-order valence-corrected chi connectivity index (χ2v) is 6.91. The highest BCUT2D eigenvalue weighted by atomic mass is 19.4. The van der Waals surface area contributed by atoms with Gasteiger partial charge in [-0.05, 0) is 55.9 Å². The molecule has 0 amide bonds. The molecule has 1 saturated carbocycles. The standard InChI is InChI=1S/C21H27F3O/c1-2-3-4-5-6-17-7-9-18(10-8-17)11-12-19-13-15-20(16-14-19)25-21(22,23)24/h13-18H,2-10H2,1H3/t17-,18-. The first-order valence-corrected chi connectivity index (χ1v) is 9.33. The summed E-state index contributed by atoms with van der Waals surface area (Å²) >= 11 is 0. The van der Waals surface area contributed by atoms with Gasteiger partial charge in [0, 0.05) is 11.5 Å². The van der Waals surface area contributed by atoms with Crippen molar-refractivity contribution in [3.63, 3.8) is 0 Å². The van der Waals surface area contributed by atoms with Crippen LogP contribution in [0.3, 0.4) is 0 Å². The van der Waals surface area contributed by atoms with Crippen molar-refractivity contribution in [2.75, 3.05) is 0 Å². The van der Waals surface area contributed by atoms with E-state index in [9.17, 15) is 13.2 Å². The summed E-state index contributed by atoms with van der Waals surface area (Å²) in [5.41, 5.74) is 0.733. The number of hydrogen-bond donors (Lipinski definition) is 0. The monoisotopic (exact) mass is 352 g/mol. The lowest BCUT2D eigenvalue weighted by Gasteiger charge is -2.25. The van der Waals surface area contributed by atoms with E-state index in [1.165, 1.54) is 57.1 Å². The zero-order valence-electron chi connectivity index (χ0n) is 14.9. The summed E-state index contributed by atoms with van der Waals surface area (Å²) in [5, 5.41) is 0. The predicted molar refractivity (Wildman–Crippen MR) is 94.2 cm³/mol. The first-order valence-electron chi connectivity index (χ1n) is 9.33. The molecule has 1 aromatic rings. The van der Waals surface area contributed by atoms with Crippen molar-refractivity contribution in [3.05, 3.63) is 29.8 Å². The predicted octanol–water partition coefficient (Wildman–Crippen LogP) is 6.71. The topological polar surface area (TPSA) is 9.23 Å². The van der Waals surface area contributed by atoms with Crippen LogP contribution in [0.4, 0.5) is 13.2 Å². The molecule has 0 aliphatic heterocycles. The molecule has 0 saturated heterocycles. The molecule has 1 aliphatic carbocycles. The minimum Gasteiger partial charge on any atom is -0.406 e. The Kier molecular flexibility index (Phi) is 7.68. The van der Waals surface area contributed by atoms with Crippen LogP contribution < -0.4 is 4.74 Å². The molecule has 1 fully saturated rings. The third-order valence-corrected chi connectivity index (χ3v) is 4.82. The fourth-order valence-electron chi connectivity index (χ4n) is 3.38. The maximum Gasteiger partial charge on any atom is 0.573 e. The van der Waals surface area contributed by atoms with Gasteiger partial charge in [0.2, 0.25) is 0 Å². The lowest BCUT2D eigenvalue weighted by molar-refractivity contribution is -0.274. The summed E-state index contributed by atoms with van der Waals surface area (Å²) in [5.74, 6) is 7.45. The van der Waals surface area contributed by atoms with Gasteiger partial charge in [0.15, 0.2) is 0 Å². The van der Waals surface area contributed by atoms with E-state index < -0.39 is 6.36 Å². The number of ether oxygens (including phenoxy) is 1. The van der Waals surface area contributed by atoms with Crippen molar-refractivity contribution in [3.8, 4) is 17.6 Å². The minimum absolute atomic E-state index is 0.207. The van der Waals surface area contributed by atoms with Crippen molar-refractivity contribution in [2.24, 2.45) is 11.8 Å². The average Bonchev–Trinajstić information content (AvgIpc) is 2.58. The van der Waals surface area contributed by atoms with Gasteiger partial charge < -0.3 is 4.74 Å². The summed E-state index contributed by atoms with van der Waals surface area (Å²) in [7, 11) is 0. The van der Waals surface area contributed by atoms with Crippen molar-refractivity contribution in [2.45, 2.75) is 71.1 Å². The number of hydrogen-bond acceptors (Lipinski definition) is 1. The van der Waals surface area contributed by atoms with Crippen LogP contribution in [0.1, 0.15) is 70.3 Å². The maximum atomic E-state index is 12.1. The van der Waals surface area contributed by atoms with E-state index in [2.05, 4.69) is 23.5 Å². The normalized spacial score (nSPS) is 20.6. The highest BCUT2D eigenvalue weighted by Crippen LogP contribution is 2.32. The second-order valence-electron chi connectivity index (χ2n) is 6.91. The molecule has 25 heavy (non-hydrogen) atoms. The molecular formula is C21H27F3O. The maximum absolute atomic E-state index is 12.1. The minimum atomic E-state index is -4.65. The Hall–Kier alpha value is -1.63. The summed E-state index contributed by atoms with van der Waals surface area (Å²) in [4.78, 5) is 0. The Bertz CT molecular complexity index is 558. The molecule has 0 radical (unpaired) electrons. The average molecular weight is 352 g/mol. The molecule has 1 aliphatic rings. The van der Waals surface area contributed by atoms with Crippen LogP contribution in [-0.4, -0.2) is 6.36 Å². The largest absolute Gasteiger partial charge is 0.573 e. The molecule has 2 rings (SSSR count). The molecule has 1 nitrogen and oxygen atoms in total. The molecule has 0 aromatic heterocycles. The molecule has 0 spiro atoms. The van der Waals surface area contributed by atoms with E-state index in [0.29, 0.717) is 5.92 Å². The van der Waals surface area contributed by atoms with Crippen LogP contribution in [0.2, 0.25) is 0 Å². The zero-order valence-corrected chi connectivity index (χ0v) is 14.9. The highest BCUT2D eigenvalue weighted by molar-refractivity contribution is 5.38. The molecular weight excluding hydrogens is 325 g/mol. The van der Waals surface area contributed by atoms with E-state index in [1.807, 2.05) is 0 Å². The smallest absolute Gasteiger partial charge is 0.406 e. The van der Waals surface area contributed by atoms with E-state index in [-0.39, 0.29) is 5.75 Å². The molecule has 138 valence electrons. The third kappa shape index (κ3) is 7.86. The Morgan fingerprint density at radius 2 is 1.68 bits per heavy atom. The summed E-state index contributed by atoms with van der Waals surface area (Å²) in [6.07, 6.45) is 6.81. The van der Waals surface area contributed by atoms with Crippen LogP contribution >= 0.6 is 0 Å². The SMILES string of the molecule is CCCCCC[C@H]1CC[C@H](C#Cc2ccc(OC(F)(F)F)cc2)CC1. The lowest BCUT2D eigenvalue weighted by atomic mass is 9.80. The van der Waals surface area contributed by atoms with Crippen LogP contribution in [0.15, 0.2) is 24.3 Å². The van der Waals surface area contributed by atoms with Crippen LogP contribution in [-0.2, 0) is 0 Å². The number of unbranched alkanes of at least 4 members (excludes halogenated alkanes) is 3. The van der Waals surface area contributed by atoms with Gasteiger partial charge in [0.25, 0.3) is 0 Å². The van der Waals surface area contributed by atoms with Crippen molar-refractivity contribution >= 4 is 0 Å². The van der Waals surface area contributed by atoms with E-state index in [0.717, 1.165) is 24.3 Å². The molecule has 0 atom stereocenters. The fourth-order valence-corrected chi connectivity index (χ4v) is 3.38. The fraction of sp³-hybridized carbons (Fsp3) is 0.619. The van der Waals surface area contributed by atoms with Crippen LogP contribution in [0.5, 0.6) is 5.75 Å². The molecule has 0 heterocycles. The van der Waals surface area contributed by atoms with Crippen molar-refractivity contribution < 1.29 is 17.9 Å². The third-order valence-electron chi connectivity index (χ3n) is 4.82. The summed E-state index contributed by atoms with van der Waals surface area (Å²) in [6, 6.07) is 5.77. The van der Waals surface area contributed by atoms with E-state index >= 15 is 0 Å². The van der Waals surface area contributed by atoms with Crippen LogP contribution in [0, 0.1) is 23.7 Å². The number of alkyl halides is 3. The van der Waals surface area contributed by atoms with Gasteiger partial charge in [-0.2, -0.15) is 0 Å². The van der Waals surface area contributed by atoms with E-state index in [1.54, 1.807) is 12.1 Å². The number of rotatable bonds is 6. The van der Waals surface area contributed by atoms with Crippen molar-refractivity contribution in [1.82, 2.24) is 0 Å². The lowest BCUT2D eigenvalue weighted by Crippen LogP contribution is -2.16. The molecule has 0 N–H and O–H groups in total. The van der Waals surface area contributed by atoms with Gasteiger partial charge >= 0.3 is 6.36 Å². The van der Waals surface area contributed by atoms with Crippen LogP contribution in [0.25, 0.3) is 0 Å². The van der Waals surface area contributed by atoms with Gasteiger partial charge in [-0.15, -0.1) is 13.2 Å². The molecule has 0 bridgehead atoms. The second kappa shape index (κ2) is 9.75. The number of halogens is 3. The number of benzene rings is 1.